The molecule has 1 amide bonds. The van der Waals surface area contributed by atoms with E-state index in [0.29, 0.717) is 5.69 Å². The molecule has 1 heterocycles. The van der Waals surface area contributed by atoms with Gasteiger partial charge in [0, 0.05) is 5.69 Å². The fourth-order valence-electron chi connectivity index (χ4n) is 1.73. The third-order valence-corrected chi connectivity index (χ3v) is 2.84. The van der Waals surface area contributed by atoms with E-state index in [1.54, 1.807) is 31.2 Å². The van der Waals surface area contributed by atoms with Gasteiger partial charge in [0.2, 0.25) is 5.91 Å². The number of pyridine rings is 1. The molecule has 0 fully saturated rings. The molecule has 1 aromatic heterocycles. The van der Waals surface area contributed by atoms with Gasteiger partial charge < -0.3 is 10.6 Å². The zero-order chi connectivity index (χ0) is 16.2. The number of hydrogen-bond acceptors (Lipinski definition) is 3. The van der Waals surface area contributed by atoms with E-state index >= 15 is 0 Å². The zero-order valence-corrected chi connectivity index (χ0v) is 11.7. The molecule has 1 aromatic carbocycles. The lowest BCUT2D eigenvalue weighted by molar-refractivity contribution is -0.141. The van der Waals surface area contributed by atoms with E-state index in [2.05, 4.69) is 15.6 Å². The lowest BCUT2D eigenvalue weighted by Crippen LogP contribution is -2.32. The van der Waals surface area contributed by atoms with Gasteiger partial charge in [0.25, 0.3) is 0 Å². The molecule has 22 heavy (non-hydrogen) atoms. The highest BCUT2D eigenvalue weighted by molar-refractivity contribution is 5.96. The van der Waals surface area contributed by atoms with Crippen molar-refractivity contribution in [2.45, 2.75) is 19.1 Å². The Kier molecular flexibility index (Phi) is 4.65. The number of amides is 1. The van der Waals surface area contributed by atoms with Crippen LogP contribution in [0.1, 0.15) is 12.6 Å². The fraction of sp³-hybridized carbons (Fsp3) is 0.200. The van der Waals surface area contributed by atoms with E-state index in [1.807, 2.05) is 6.07 Å². The van der Waals surface area contributed by atoms with Crippen molar-refractivity contribution in [1.82, 2.24) is 4.98 Å². The Bertz CT molecular complexity index is 644. The Hall–Kier alpha value is -2.57. The van der Waals surface area contributed by atoms with Crippen LogP contribution in [0.15, 0.2) is 48.5 Å². The highest BCUT2D eigenvalue weighted by Gasteiger charge is 2.32. The molecule has 1 unspecified atom stereocenters. The zero-order valence-electron chi connectivity index (χ0n) is 11.7. The average Bonchev–Trinajstić information content (AvgIpc) is 2.47. The average molecular weight is 309 g/mol. The Morgan fingerprint density at radius 1 is 1.09 bits per heavy atom. The predicted octanol–water partition coefficient (Wildman–Crippen LogP) is 3.54. The maximum absolute atomic E-state index is 12.6. The maximum Gasteiger partial charge on any atom is 0.433 e. The number of halogens is 3. The molecule has 116 valence electrons. The van der Waals surface area contributed by atoms with Crippen molar-refractivity contribution >= 4 is 17.4 Å². The van der Waals surface area contributed by atoms with Gasteiger partial charge in [-0.2, -0.15) is 13.2 Å². The van der Waals surface area contributed by atoms with Crippen molar-refractivity contribution < 1.29 is 18.0 Å². The number of aromatic nitrogens is 1. The normalized spacial score (nSPS) is 12.5. The largest absolute Gasteiger partial charge is 0.433 e. The number of benzene rings is 1. The lowest BCUT2D eigenvalue weighted by atomic mass is 10.2. The summed E-state index contributed by atoms with van der Waals surface area (Å²) in [5.74, 6) is -0.379. The second-order valence-corrected chi connectivity index (χ2v) is 4.63. The van der Waals surface area contributed by atoms with E-state index in [1.165, 1.54) is 12.1 Å². The van der Waals surface area contributed by atoms with Crippen molar-refractivity contribution in [2.75, 3.05) is 10.6 Å². The summed E-state index contributed by atoms with van der Waals surface area (Å²) in [5, 5.41) is 5.31. The second kappa shape index (κ2) is 6.46. The molecule has 2 rings (SSSR count). The fourth-order valence-corrected chi connectivity index (χ4v) is 1.73. The highest BCUT2D eigenvalue weighted by atomic mass is 19.4. The minimum absolute atomic E-state index is 0.00876. The summed E-state index contributed by atoms with van der Waals surface area (Å²) < 4.78 is 37.7. The number of nitrogens with zero attached hydrogens (tertiary/aromatic N) is 1. The number of hydrogen-bond donors (Lipinski definition) is 2. The van der Waals surface area contributed by atoms with Gasteiger partial charge in [0.1, 0.15) is 17.6 Å². The van der Waals surface area contributed by atoms with Crippen LogP contribution in [0.2, 0.25) is 0 Å². The molecule has 7 heteroatoms. The van der Waals surface area contributed by atoms with Crippen molar-refractivity contribution in [1.29, 1.82) is 0 Å². The van der Waals surface area contributed by atoms with Gasteiger partial charge in [-0.1, -0.05) is 24.3 Å². The highest BCUT2D eigenvalue weighted by Crippen LogP contribution is 2.28. The number of nitrogens with one attached hydrogen (secondary N) is 2. The van der Waals surface area contributed by atoms with Gasteiger partial charge in [-0.15, -0.1) is 0 Å². The van der Waals surface area contributed by atoms with Crippen LogP contribution in [-0.4, -0.2) is 16.9 Å². The molecule has 0 aliphatic heterocycles. The van der Waals surface area contributed by atoms with Crippen LogP contribution < -0.4 is 10.6 Å². The third-order valence-electron chi connectivity index (χ3n) is 2.84. The summed E-state index contributed by atoms with van der Waals surface area (Å²) in [5.41, 5.74) is -0.397. The summed E-state index contributed by atoms with van der Waals surface area (Å²) in [7, 11) is 0. The van der Waals surface area contributed by atoms with Crippen LogP contribution in [0.5, 0.6) is 0 Å². The molecule has 0 bridgehead atoms. The minimum atomic E-state index is -4.52. The number of carbonyl (C=O) groups is 1. The van der Waals surface area contributed by atoms with Crippen LogP contribution in [0.4, 0.5) is 24.7 Å². The molecule has 2 N–H and O–H groups in total. The summed E-state index contributed by atoms with van der Waals surface area (Å²) in [4.78, 5) is 15.4. The van der Waals surface area contributed by atoms with Crippen molar-refractivity contribution in [2.24, 2.45) is 0 Å². The number of para-hydroxylation sites is 1. The Labute approximate surface area is 125 Å². The molecule has 0 radical (unpaired) electrons. The molecule has 0 aliphatic carbocycles. The number of carbonyl (C=O) groups excluding carboxylic acids is 1. The van der Waals surface area contributed by atoms with Crippen LogP contribution in [0, 0.1) is 0 Å². The Morgan fingerprint density at radius 2 is 1.77 bits per heavy atom. The van der Waals surface area contributed by atoms with Crippen molar-refractivity contribution in [3.05, 3.63) is 54.2 Å². The molecular weight excluding hydrogens is 295 g/mol. The topological polar surface area (TPSA) is 54.0 Å². The van der Waals surface area contributed by atoms with E-state index in [4.69, 9.17) is 0 Å². The van der Waals surface area contributed by atoms with Crippen LogP contribution in [0.3, 0.4) is 0 Å². The van der Waals surface area contributed by atoms with E-state index < -0.39 is 17.9 Å². The standard InChI is InChI=1S/C15H14F3N3O/c1-10(14(22)20-11-6-3-2-4-7-11)19-13-9-5-8-12(21-13)15(16,17)18/h2-10H,1H3,(H,19,21)(H,20,22). The van der Waals surface area contributed by atoms with Gasteiger partial charge in [0.15, 0.2) is 0 Å². The molecule has 1 atom stereocenters. The number of rotatable bonds is 4. The molecule has 0 aliphatic rings. The van der Waals surface area contributed by atoms with Crippen LogP contribution in [0.25, 0.3) is 0 Å². The summed E-state index contributed by atoms with van der Waals surface area (Å²) in [6.07, 6.45) is -4.52. The summed E-state index contributed by atoms with van der Waals surface area (Å²) >= 11 is 0. The predicted molar refractivity (Wildman–Crippen MR) is 77.4 cm³/mol. The molecular formula is C15H14F3N3O. The minimum Gasteiger partial charge on any atom is -0.359 e. The molecule has 0 saturated heterocycles. The van der Waals surface area contributed by atoms with Crippen LogP contribution in [-0.2, 0) is 11.0 Å². The van der Waals surface area contributed by atoms with E-state index in [9.17, 15) is 18.0 Å². The smallest absolute Gasteiger partial charge is 0.359 e. The molecule has 0 saturated carbocycles. The first-order valence-corrected chi connectivity index (χ1v) is 6.53. The Balaban J connectivity index is 2.02. The lowest BCUT2D eigenvalue weighted by Gasteiger charge is -2.15. The number of anilines is 2. The van der Waals surface area contributed by atoms with Crippen LogP contribution >= 0.6 is 0 Å². The molecule has 0 spiro atoms. The first kappa shape index (κ1) is 15.8. The van der Waals surface area contributed by atoms with Gasteiger partial charge in [-0.3, -0.25) is 4.79 Å². The summed E-state index contributed by atoms with van der Waals surface area (Å²) in [6, 6.07) is 11.5. The quantitative estimate of drug-likeness (QED) is 0.908. The van der Waals surface area contributed by atoms with E-state index in [-0.39, 0.29) is 11.7 Å². The van der Waals surface area contributed by atoms with Gasteiger partial charge in [-0.05, 0) is 31.2 Å². The first-order chi connectivity index (χ1) is 10.4. The Morgan fingerprint density at radius 3 is 2.41 bits per heavy atom. The number of alkyl halides is 3. The maximum atomic E-state index is 12.6. The van der Waals surface area contributed by atoms with Crippen molar-refractivity contribution in [3.63, 3.8) is 0 Å². The molecule has 4 nitrogen and oxygen atoms in total. The van der Waals surface area contributed by atoms with Gasteiger partial charge in [0.05, 0.1) is 0 Å². The monoisotopic (exact) mass is 309 g/mol. The van der Waals surface area contributed by atoms with Crippen molar-refractivity contribution in [3.8, 4) is 0 Å². The second-order valence-electron chi connectivity index (χ2n) is 4.63. The van der Waals surface area contributed by atoms with Gasteiger partial charge in [-0.25, -0.2) is 4.98 Å². The third kappa shape index (κ3) is 4.21. The summed E-state index contributed by atoms with van der Waals surface area (Å²) in [6.45, 7) is 1.54. The van der Waals surface area contributed by atoms with E-state index in [0.717, 1.165) is 6.07 Å². The molecule has 2 aromatic rings. The van der Waals surface area contributed by atoms with Gasteiger partial charge >= 0.3 is 6.18 Å². The first-order valence-electron chi connectivity index (χ1n) is 6.53. The SMILES string of the molecule is CC(Nc1cccc(C(F)(F)F)n1)C(=O)Nc1ccccc1.